The molecular weight excluding hydrogens is 296 g/mol. The first-order valence-corrected chi connectivity index (χ1v) is 6.29. The van der Waals surface area contributed by atoms with Crippen molar-refractivity contribution in [3.05, 3.63) is 40.0 Å². The Morgan fingerprint density at radius 2 is 2.33 bits per heavy atom. The fourth-order valence-corrected chi connectivity index (χ4v) is 1.99. The summed E-state index contributed by atoms with van der Waals surface area (Å²) in [5.74, 6) is 0.365. The fraction of sp³-hybridized carbons (Fsp3) is 0.167. The van der Waals surface area contributed by atoms with Crippen LogP contribution in [-0.2, 0) is 6.42 Å². The van der Waals surface area contributed by atoms with Crippen LogP contribution in [0.1, 0.15) is 22.8 Å². The normalized spacial score (nSPS) is 10.3. The Hall–Kier alpha value is -1.82. The van der Waals surface area contributed by atoms with Crippen LogP contribution in [0.4, 0.5) is 11.5 Å². The van der Waals surface area contributed by atoms with Gasteiger partial charge < -0.3 is 11.1 Å². The van der Waals surface area contributed by atoms with E-state index in [1.807, 2.05) is 6.92 Å². The number of carbonyl (C=O) groups is 1. The maximum atomic E-state index is 12.1. The molecule has 2 aromatic rings. The van der Waals surface area contributed by atoms with Gasteiger partial charge in [0.15, 0.2) is 0 Å². The van der Waals surface area contributed by atoms with Gasteiger partial charge >= 0.3 is 0 Å². The minimum absolute atomic E-state index is 0.251. The highest BCUT2D eigenvalue weighted by Crippen LogP contribution is 2.20. The molecule has 0 spiro atoms. The van der Waals surface area contributed by atoms with E-state index in [0.29, 0.717) is 17.1 Å². The van der Waals surface area contributed by atoms with Crippen molar-refractivity contribution in [3.63, 3.8) is 0 Å². The molecule has 0 saturated carbocycles. The van der Waals surface area contributed by atoms with E-state index in [9.17, 15) is 4.79 Å². The molecule has 1 aromatic heterocycles. The summed E-state index contributed by atoms with van der Waals surface area (Å²) >= 11 is 3.30. The molecule has 4 N–H and O–H groups in total. The van der Waals surface area contributed by atoms with E-state index >= 15 is 0 Å². The lowest BCUT2D eigenvalue weighted by Crippen LogP contribution is -2.15. The zero-order chi connectivity index (χ0) is 13.1. The summed E-state index contributed by atoms with van der Waals surface area (Å²) in [4.78, 5) is 12.1. The number of nitrogens with one attached hydrogen (secondary N) is 2. The van der Waals surface area contributed by atoms with Crippen LogP contribution in [0.2, 0.25) is 0 Å². The van der Waals surface area contributed by atoms with E-state index in [1.54, 1.807) is 24.4 Å². The Morgan fingerprint density at radius 1 is 1.56 bits per heavy atom. The number of benzene rings is 1. The Bertz CT molecular complexity index is 579. The molecule has 0 fully saturated rings. The summed E-state index contributed by atoms with van der Waals surface area (Å²) in [7, 11) is 0. The second-order valence-electron chi connectivity index (χ2n) is 3.81. The Kier molecular flexibility index (Phi) is 3.66. The molecule has 6 heteroatoms. The monoisotopic (exact) mass is 308 g/mol. The summed E-state index contributed by atoms with van der Waals surface area (Å²) in [5.41, 5.74) is 7.63. The van der Waals surface area contributed by atoms with Crippen LogP contribution < -0.4 is 11.1 Å². The van der Waals surface area contributed by atoms with Crippen molar-refractivity contribution < 1.29 is 4.79 Å². The first-order valence-electron chi connectivity index (χ1n) is 5.50. The minimum atomic E-state index is -0.251. The lowest BCUT2D eigenvalue weighted by Gasteiger charge is -2.07. The van der Waals surface area contributed by atoms with Gasteiger partial charge in [-0.05, 0) is 24.6 Å². The molecule has 0 aliphatic rings. The maximum absolute atomic E-state index is 12.1. The number of carbonyl (C=O) groups excluding carboxylic acids is 1. The number of rotatable bonds is 3. The van der Waals surface area contributed by atoms with Crippen LogP contribution in [0.5, 0.6) is 0 Å². The van der Waals surface area contributed by atoms with E-state index in [4.69, 9.17) is 5.73 Å². The summed E-state index contributed by atoms with van der Waals surface area (Å²) < 4.78 is 0.840. The Morgan fingerprint density at radius 3 is 3.00 bits per heavy atom. The van der Waals surface area contributed by atoms with E-state index in [0.717, 1.165) is 16.5 Å². The number of nitrogens with zero attached hydrogens (tertiary/aromatic N) is 1. The second-order valence-corrected chi connectivity index (χ2v) is 4.73. The largest absolute Gasteiger partial charge is 0.398 e. The highest BCUT2D eigenvalue weighted by atomic mass is 79.9. The molecule has 1 heterocycles. The lowest BCUT2D eigenvalue weighted by molar-refractivity contribution is 0.102. The number of nitrogens with two attached hydrogens (primary N) is 1. The number of nitrogen functional groups attached to an aromatic ring is 1. The molecule has 1 aromatic carbocycles. The summed E-state index contributed by atoms with van der Waals surface area (Å²) in [6, 6.07) is 5.15. The van der Waals surface area contributed by atoms with E-state index < -0.39 is 0 Å². The molecule has 5 nitrogen and oxygen atoms in total. The number of anilines is 2. The summed E-state index contributed by atoms with van der Waals surface area (Å²) in [6.07, 6.45) is 2.49. The average molecular weight is 309 g/mol. The zero-order valence-corrected chi connectivity index (χ0v) is 11.4. The van der Waals surface area contributed by atoms with Gasteiger partial charge in [-0.25, -0.2) is 0 Å². The van der Waals surface area contributed by atoms with Gasteiger partial charge in [-0.1, -0.05) is 22.9 Å². The third kappa shape index (κ3) is 2.53. The topological polar surface area (TPSA) is 83.8 Å². The molecule has 0 atom stereocenters. The van der Waals surface area contributed by atoms with Crippen molar-refractivity contribution in [1.82, 2.24) is 10.2 Å². The standard InChI is InChI=1S/C12H13BrN4O/c1-2-7-6-15-17-11(7)16-12(18)9-4-3-8(13)5-10(9)14/h3-6H,2,14H2,1H3,(H2,15,16,17,18). The van der Waals surface area contributed by atoms with E-state index in [1.165, 1.54) is 0 Å². The molecule has 0 aliphatic carbocycles. The molecule has 1 amide bonds. The van der Waals surface area contributed by atoms with Crippen molar-refractivity contribution in [2.45, 2.75) is 13.3 Å². The van der Waals surface area contributed by atoms with Crippen LogP contribution in [0, 0.1) is 0 Å². The predicted molar refractivity (Wildman–Crippen MR) is 74.5 cm³/mol. The second kappa shape index (κ2) is 5.22. The first kappa shape index (κ1) is 12.6. The van der Waals surface area contributed by atoms with Crippen LogP contribution in [-0.4, -0.2) is 16.1 Å². The van der Waals surface area contributed by atoms with Crippen LogP contribution in [0.3, 0.4) is 0 Å². The quantitative estimate of drug-likeness (QED) is 0.762. The highest BCUT2D eigenvalue weighted by Gasteiger charge is 2.12. The first-order chi connectivity index (χ1) is 8.61. The van der Waals surface area contributed by atoms with Crippen molar-refractivity contribution in [3.8, 4) is 0 Å². The molecule has 18 heavy (non-hydrogen) atoms. The van der Waals surface area contributed by atoms with Gasteiger partial charge in [0.2, 0.25) is 0 Å². The fourth-order valence-electron chi connectivity index (χ4n) is 1.61. The molecule has 0 aliphatic heterocycles. The molecule has 0 radical (unpaired) electrons. The van der Waals surface area contributed by atoms with Crippen molar-refractivity contribution in [1.29, 1.82) is 0 Å². The number of aromatic nitrogens is 2. The van der Waals surface area contributed by atoms with E-state index in [2.05, 4.69) is 31.4 Å². The third-order valence-electron chi connectivity index (χ3n) is 2.60. The number of aromatic amines is 1. The number of hydrogen-bond acceptors (Lipinski definition) is 3. The van der Waals surface area contributed by atoms with Crippen LogP contribution in [0.25, 0.3) is 0 Å². The number of halogens is 1. The van der Waals surface area contributed by atoms with Gasteiger partial charge in [-0.15, -0.1) is 0 Å². The number of amides is 1. The van der Waals surface area contributed by atoms with Gasteiger partial charge in [-0.2, -0.15) is 5.10 Å². The molecule has 0 bridgehead atoms. The molecule has 0 saturated heterocycles. The highest BCUT2D eigenvalue weighted by molar-refractivity contribution is 9.10. The van der Waals surface area contributed by atoms with E-state index in [-0.39, 0.29) is 5.91 Å². The molecule has 2 rings (SSSR count). The third-order valence-corrected chi connectivity index (χ3v) is 3.09. The van der Waals surface area contributed by atoms with Crippen LogP contribution in [0.15, 0.2) is 28.9 Å². The minimum Gasteiger partial charge on any atom is -0.398 e. The average Bonchev–Trinajstić information content (AvgIpc) is 2.76. The number of aryl methyl sites for hydroxylation is 1. The summed E-state index contributed by atoms with van der Waals surface area (Å²) in [5, 5.41) is 9.42. The molecule has 0 unspecified atom stereocenters. The predicted octanol–water partition coefficient (Wildman–Crippen LogP) is 2.57. The Balaban J connectivity index is 2.22. The van der Waals surface area contributed by atoms with Crippen molar-refractivity contribution >= 4 is 33.3 Å². The smallest absolute Gasteiger partial charge is 0.258 e. The zero-order valence-electron chi connectivity index (χ0n) is 9.83. The van der Waals surface area contributed by atoms with Gasteiger partial charge in [0, 0.05) is 15.7 Å². The number of hydrogen-bond donors (Lipinski definition) is 3. The number of H-pyrrole nitrogens is 1. The maximum Gasteiger partial charge on any atom is 0.258 e. The Labute approximate surface area is 113 Å². The van der Waals surface area contributed by atoms with Gasteiger partial charge in [0.25, 0.3) is 5.91 Å². The summed E-state index contributed by atoms with van der Waals surface area (Å²) in [6.45, 7) is 1.99. The van der Waals surface area contributed by atoms with Crippen molar-refractivity contribution in [2.24, 2.45) is 0 Å². The lowest BCUT2D eigenvalue weighted by atomic mass is 10.1. The van der Waals surface area contributed by atoms with Crippen LogP contribution >= 0.6 is 15.9 Å². The van der Waals surface area contributed by atoms with Gasteiger partial charge in [0.05, 0.1) is 11.8 Å². The SMILES string of the molecule is CCc1cn[nH]c1NC(=O)c1ccc(Br)cc1N. The molecular formula is C12H13BrN4O. The van der Waals surface area contributed by atoms with Gasteiger partial charge in [0.1, 0.15) is 5.82 Å². The molecule has 94 valence electrons. The van der Waals surface area contributed by atoms with Gasteiger partial charge in [-0.3, -0.25) is 9.89 Å². The van der Waals surface area contributed by atoms with Crippen molar-refractivity contribution in [2.75, 3.05) is 11.1 Å².